The molecule has 0 saturated heterocycles. The Bertz CT molecular complexity index is 1500. The Morgan fingerprint density at radius 3 is 1.59 bits per heavy atom. The van der Waals surface area contributed by atoms with Crippen LogP contribution in [0.3, 0.4) is 0 Å². The van der Waals surface area contributed by atoms with Crippen LogP contribution in [0.15, 0.2) is 85.1 Å². The van der Waals surface area contributed by atoms with Crippen LogP contribution in [0.2, 0.25) is 0 Å². The second-order valence-electron chi connectivity index (χ2n) is 15.9. The van der Waals surface area contributed by atoms with Gasteiger partial charge in [0.2, 0.25) is 0 Å². The van der Waals surface area contributed by atoms with Crippen LogP contribution in [-0.2, 0) is 37.5 Å². The van der Waals surface area contributed by atoms with E-state index in [-0.39, 0.29) is 31.5 Å². The van der Waals surface area contributed by atoms with Gasteiger partial charge in [0, 0.05) is 19.3 Å². The molecule has 0 aliphatic heterocycles. The minimum absolute atomic E-state index is 0.0407. The van der Waals surface area contributed by atoms with Gasteiger partial charge in [-0.25, -0.2) is 4.57 Å². The van der Waals surface area contributed by atoms with Gasteiger partial charge in [0.25, 0.3) is 0 Å². The molecule has 1 aliphatic carbocycles. The zero-order chi connectivity index (χ0) is 47.3. The molecule has 0 amide bonds. The van der Waals surface area contributed by atoms with Gasteiger partial charge in [-0.05, 0) is 76.7 Å². The van der Waals surface area contributed by atoms with Gasteiger partial charge in [-0.15, -0.1) is 0 Å². The SMILES string of the molecule is CCCCC/C=C\C/C=C\C/C=C\C=C\C(=O)CCCC(=O)O[C@H](COC(=O)CCC/C=C\C/C=C\C/C=C\CCCCCCCC)COP(=O)(O)OC1[C@H](O)[C@H](O)C(O)[C@H](O)[C@H]1O. The number of hydrogen-bond acceptors (Lipinski definition) is 13. The van der Waals surface area contributed by atoms with E-state index in [9.17, 15) is 49.4 Å². The van der Waals surface area contributed by atoms with Crippen LogP contribution in [0.1, 0.15) is 149 Å². The molecule has 1 fully saturated rings. The van der Waals surface area contributed by atoms with Crippen LogP contribution < -0.4 is 0 Å². The second-order valence-corrected chi connectivity index (χ2v) is 17.3. The van der Waals surface area contributed by atoms with E-state index < -0.39 is 75.7 Å². The monoisotopic (exact) mass is 923 g/mol. The summed E-state index contributed by atoms with van der Waals surface area (Å²) in [5, 5.41) is 50.1. The highest BCUT2D eigenvalue weighted by Gasteiger charge is 2.51. The molecule has 0 aromatic heterocycles. The van der Waals surface area contributed by atoms with Crippen molar-refractivity contribution < 1.29 is 67.9 Å². The number of carbonyl (C=O) groups excluding carboxylic acids is 3. The van der Waals surface area contributed by atoms with Crippen LogP contribution >= 0.6 is 7.82 Å². The predicted octanol–water partition coefficient (Wildman–Crippen LogP) is 8.46. The Kier molecular flexibility index (Phi) is 34.7. The van der Waals surface area contributed by atoms with Crippen LogP contribution in [0.4, 0.5) is 0 Å². The number of phosphoric acid groups is 1. The zero-order valence-electron chi connectivity index (χ0n) is 38.3. The van der Waals surface area contributed by atoms with Crippen LogP contribution in [0, 0.1) is 0 Å². The minimum atomic E-state index is -5.20. The number of aliphatic hydroxyl groups is 5. The van der Waals surface area contributed by atoms with Crippen LogP contribution in [0.25, 0.3) is 0 Å². The fourth-order valence-electron chi connectivity index (χ4n) is 6.37. The van der Waals surface area contributed by atoms with E-state index in [2.05, 4.69) is 56.4 Å². The average Bonchev–Trinajstić information content (AvgIpc) is 3.27. The third-order valence-corrected chi connectivity index (χ3v) is 11.2. The molecule has 0 radical (unpaired) electrons. The first-order chi connectivity index (χ1) is 30.8. The standard InChI is InChI=1S/C49H79O14P/c1-3-5-7-9-11-13-15-17-18-19-20-22-24-26-28-30-32-36-42(51)60-38-41(39-61-64(58,59)63-49-47(56)45(54)44(53)46(55)48(49)57)62-43(52)37-33-35-40(50)34-31-29-27-25-23-21-16-14-12-10-8-6-4-2/h12,14,17-18,20-23,26-29,31,34,41,44-49,53-57H,3-11,13,15-16,19,24-25,30,32-33,35-39H2,1-2H3,(H,58,59)/b14-12-,18-17-,22-20-,23-21-,28-26-,29-27-,34-31+/t41-,44?,45-,46+,47-,48-,49?/m1/s1. The Balaban J connectivity index is 2.60. The lowest BCUT2D eigenvalue weighted by atomic mass is 9.85. The van der Waals surface area contributed by atoms with Crippen molar-refractivity contribution >= 4 is 25.5 Å². The second kappa shape index (κ2) is 37.9. The van der Waals surface area contributed by atoms with Crippen molar-refractivity contribution in [1.82, 2.24) is 0 Å². The first-order valence-electron chi connectivity index (χ1n) is 23.3. The molecule has 14 nitrogen and oxygen atoms in total. The topological polar surface area (TPSA) is 227 Å². The number of esters is 2. The quantitative estimate of drug-likeness (QED) is 0.00859. The van der Waals surface area contributed by atoms with Gasteiger partial charge in [0.15, 0.2) is 11.9 Å². The van der Waals surface area contributed by atoms with E-state index in [4.69, 9.17) is 18.5 Å². The van der Waals surface area contributed by atoms with Gasteiger partial charge < -0.3 is 39.9 Å². The first-order valence-corrected chi connectivity index (χ1v) is 24.8. The summed E-state index contributed by atoms with van der Waals surface area (Å²) in [5.74, 6) is -1.64. The summed E-state index contributed by atoms with van der Waals surface area (Å²) in [4.78, 5) is 48.0. The molecule has 364 valence electrons. The highest BCUT2D eigenvalue weighted by Crippen LogP contribution is 2.47. The van der Waals surface area contributed by atoms with Gasteiger partial charge in [0.1, 0.15) is 43.2 Å². The number of carbonyl (C=O) groups is 3. The summed E-state index contributed by atoms with van der Waals surface area (Å²) < 4.78 is 33.2. The van der Waals surface area contributed by atoms with Crippen LogP contribution in [-0.4, -0.2) is 104 Å². The fraction of sp³-hybridized carbons (Fsp3) is 0.653. The molecule has 0 spiro atoms. The molecule has 6 N–H and O–H groups in total. The smallest absolute Gasteiger partial charge is 0.462 e. The first kappa shape index (κ1) is 58.7. The van der Waals surface area contributed by atoms with Crippen molar-refractivity contribution in [2.75, 3.05) is 13.2 Å². The lowest BCUT2D eigenvalue weighted by Gasteiger charge is -2.41. The average molecular weight is 923 g/mol. The highest BCUT2D eigenvalue weighted by atomic mass is 31.2. The van der Waals surface area contributed by atoms with Crippen LogP contribution in [0.5, 0.6) is 0 Å². The van der Waals surface area contributed by atoms with Gasteiger partial charge in [-0.3, -0.25) is 23.4 Å². The molecular formula is C49H79O14P. The Morgan fingerprint density at radius 2 is 1.00 bits per heavy atom. The molecule has 0 bridgehead atoms. The normalized spacial score (nSPS) is 22.2. The lowest BCUT2D eigenvalue weighted by molar-refractivity contribution is -0.220. The highest BCUT2D eigenvalue weighted by molar-refractivity contribution is 7.47. The van der Waals surface area contributed by atoms with Crippen molar-refractivity contribution in [3.63, 3.8) is 0 Å². The number of rotatable bonds is 37. The van der Waals surface area contributed by atoms with E-state index in [0.717, 1.165) is 38.5 Å². The molecule has 1 rings (SSSR count). The summed E-state index contributed by atoms with van der Waals surface area (Å²) in [5.41, 5.74) is 0. The van der Waals surface area contributed by atoms with Gasteiger partial charge in [0.05, 0.1) is 6.61 Å². The number of hydrogen-bond donors (Lipinski definition) is 6. The van der Waals surface area contributed by atoms with Crippen molar-refractivity contribution in [2.45, 2.75) is 191 Å². The number of phosphoric ester groups is 1. The maximum atomic E-state index is 12.8. The molecule has 0 heterocycles. The van der Waals surface area contributed by atoms with E-state index in [0.29, 0.717) is 12.8 Å². The van der Waals surface area contributed by atoms with Crippen molar-refractivity contribution in [3.8, 4) is 0 Å². The fourth-order valence-corrected chi connectivity index (χ4v) is 7.35. The third-order valence-electron chi connectivity index (χ3n) is 10.2. The molecule has 15 heteroatoms. The maximum Gasteiger partial charge on any atom is 0.472 e. The number of aliphatic hydroxyl groups excluding tert-OH is 5. The summed E-state index contributed by atoms with van der Waals surface area (Å²) in [7, 11) is -5.20. The maximum absolute atomic E-state index is 12.8. The molecular weight excluding hydrogens is 843 g/mol. The van der Waals surface area contributed by atoms with Gasteiger partial charge in [-0.1, -0.05) is 138 Å². The van der Waals surface area contributed by atoms with Crippen molar-refractivity contribution in [1.29, 1.82) is 0 Å². The molecule has 1 saturated carbocycles. The molecule has 3 unspecified atom stereocenters. The Hall–Kier alpha value is -3.30. The largest absolute Gasteiger partial charge is 0.472 e. The molecule has 8 atom stereocenters. The van der Waals surface area contributed by atoms with E-state index in [1.165, 1.54) is 63.9 Å². The van der Waals surface area contributed by atoms with Crippen molar-refractivity contribution in [2.24, 2.45) is 0 Å². The predicted molar refractivity (Wildman–Crippen MR) is 249 cm³/mol. The van der Waals surface area contributed by atoms with Gasteiger partial charge in [-0.2, -0.15) is 0 Å². The van der Waals surface area contributed by atoms with E-state index in [1.807, 2.05) is 24.3 Å². The molecule has 64 heavy (non-hydrogen) atoms. The number of allylic oxidation sites excluding steroid dienone is 14. The Labute approximate surface area is 382 Å². The lowest BCUT2D eigenvalue weighted by Crippen LogP contribution is -2.64. The number of ketones is 1. The molecule has 0 aromatic rings. The number of ether oxygens (including phenoxy) is 2. The zero-order valence-corrected chi connectivity index (χ0v) is 39.2. The molecule has 0 aromatic carbocycles. The summed E-state index contributed by atoms with van der Waals surface area (Å²) in [6.45, 7) is 3.00. The summed E-state index contributed by atoms with van der Waals surface area (Å²) >= 11 is 0. The van der Waals surface area contributed by atoms with E-state index in [1.54, 1.807) is 12.2 Å². The molecule has 1 aliphatic rings. The summed E-state index contributed by atoms with van der Waals surface area (Å²) in [6, 6.07) is 0. The minimum Gasteiger partial charge on any atom is -0.462 e. The third kappa shape index (κ3) is 30.0. The van der Waals surface area contributed by atoms with E-state index >= 15 is 0 Å². The van der Waals surface area contributed by atoms with Gasteiger partial charge >= 0.3 is 19.8 Å². The van der Waals surface area contributed by atoms with Crippen molar-refractivity contribution in [3.05, 3.63) is 85.1 Å². The Morgan fingerprint density at radius 1 is 0.531 bits per heavy atom. The number of unbranched alkanes of at least 4 members (excludes halogenated alkanes) is 10. The summed E-state index contributed by atoms with van der Waals surface area (Å²) in [6.07, 6.45) is 32.1.